The van der Waals surface area contributed by atoms with E-state index in [0.717, 1.165) is 35.9 Å². The van der Waals surface area contributed by atoms with E-state index in [4.69, 9.17) is 9.13 Å². The topological polar surface area (TPSA) is 44.6 Å². The molecule has 0 heterocycles. The molecule has 0 radical (unpaired) electrons. The SMILES string of the molecule is C[C@@H]1C[C@]2(CC[C@H]1OC(C)(C)C(C)(C)C)Cc1ccc(Br)cc1/C2=N\[S@@+]([O-])C(C)(C)C. The summed E-state index contributed by atoms with van der Waals surface area (Å²) in [5, 5.41) is 0. The highest BCUT2D eigenvalue weighted by atomic mass is 79.9. The predicted octanol–water partition coefficient (Wildman–Crippen LogP) is 7.27. The van der Waals surface area contributed by atoms with E-state index >= 15 is 0 Å². The minimum Gasteiger partial charge on any atom is -0.591 e. The molecule has 174 valence electrons. The lowest BCUT2D eigenvalue weighted by molar-refractivity contribution is -0.159. The third-order valence-corrected chi connectivity index (χ3v) is 9.45. The summed E-state index contributed by atoms with van der Waals surface area (Å²) >= 11 is 2.36. The Balaban J connectivity index is 1.93. The van der Waals surface area contributed by atoms with Gasteiger partial charge in [-0.05, 0) is 89.3 Å². The zero-order valence-corrected chi connectivity index (χ0v) is 23.2. The van der Waals surface area contributed by atoms with Crippen LogP contribution in [0, 0.1) is 16.7 Å². The molecular weight excluding hydrogens is 470 g/mol. The molecule has 2 aliphatic carbocycles. The molecule has 31 heavy (non-hydrogen) atoms. The first-order chi connectivity index (χ1) is 14.1. The van der Waals surface area contributed by atoms with Crippen molar-refractivity contribution in [3.05, 3.63) is 33.8 Å². The van der Waals surface area contributed by atoms with Crippen LogP contribution in [0.4, 0.5) is 0 Å². The van der Waals surface area contributed by atoms with Crippen molar-refractivity contribution in [2.75, 3.05) is 0 Å². The van der Waals surface area contributed by atoms with Crippen LogP contribution >= 0.6 is 15.9 Å². The van der Waals surface area contributed by atoms with E-state index < -0.39 is 11.4 Å². The van der Waals surface area contributed by atoms with Gasteiger partial charge in [-0.25, -0.2) is 0 Å². The molecule has 0 N–H and O–H groups in total. The van der Waals surface area contributed by atoms with Crippen LogP contribution in [0.5, 0.6) is 0 Å². The standard InChI is InChI=1S/C26H40BrNO2S/c1-17-15-26(13-12-21(17)30-25(8,9)23(2,3)4)16-18-10-11-19(27)14-20(18)22(26)28-31(29)24(5,6)7/h10-11,14,17,21H,12-13,15-16H2,1-9H3/b28-22+/t17-,21-,26-,31+/m1/s1. The highest BCUT2D eigenvalue weighted by Gasteiger charge is 2.51. The minimum atomic E-state index is -1.27. The van der Waals surface area contributed by atoms with Crippen LogP contribution in [0.2, 0.25) is 0 Å². The summed E-state index contributed by atoms with van der Waals surface area (Å²) in [7, 11) is 0. The van der Waals surface area contributed by atoms with Crippen LogP contribution in [0.25, 0.3) is 0 Å². The second-order valence-corrected chi connectivity index (χ2v) is 15.0. The van der Waals surface area contributed by atoms with Crippen molar-refractivity contribution < 1.29 is 9.29 Å². The highest BCUT2D eigenvalue weighted by molar-refractivity contribution is 9.10. The molecule has 4 atom stereocenters. The lowest BCUT2D eigenvalue weighted by Gasteiger charge is -2.47. The Morgan fingerprint density at radius 3 is 2.32 bits per heavy atom. The molecule has 2 aliphatic rings. The minimum absolute atomic E-state index is 0.0464. The third kappa shape index (κ3) is 5.10. The van der Waals surface area contributed by atoms with Crippen molar-refractivity contribution in [1.82, 2.24) is 0 Å². The van der Waals surface area contributed by atoms with Gasteiger partial charge in [0.05, 0.1) is 11.7 Å². The fourth-order valence-corrected chi connectivity index (χ4v) is 5.77. The maximum Gasteiger partial charge on any atom is 0.144 e. The summed E-state index contributed by atoms with van der Waals surface area (Å²) in [5.74, 6) is 0.418. The molecule has 0 amide bonds. The van der Waals surface area contributed by atoms with E-state index in [1.165, 1.54) is 11.1 Å². The number of fused-ring (bicyclic) bond motifs is 1. The first kappa shape index (κ1) is 25.3. The maximum atomic E-state index is 13.1. The van der Waals surface area contributed by atoms with Crippen molar-refractivity contribution in [1.29, 1.82) is 0 Å². The van der Waals surface area contributed by atoms with Crippen molar-refractivity contribution in [2.45, 2.75) is 104 Å². The predicted molar refractivity (Wildman–Crippen MR) is 136 cm³/mol. The zero-order chi connectivity index (χ0) is 23.4. The molecule has 1 spiro atoms. The maximum absolute atomic E-state index is 13.1. The van der Waals surface area contributed by atoms with Crippen LogP contribution < -0.4 is 0 Å². The Bertz CT molecular complexity index is 852. The summed E-state index contributed by atoms with van der Waals surface area (Å²) in [4.78, 5) is 0. The normalized spacial score (nSPS) is 29.5. The summed E-state index contributed by atoms with van der Waals surface area (Å²) < 4.78 is 25.4. The van der Waals surface area contributed by atoms with E-state index in [1.807, 2.05) is 20.8 Å². The molecular formula is C26H40BrNO2S. The quantitative estimate of drug-likeness (QED) is 0.402. The number of benzene rings is 1. The van der Waals surface area contributed by atoms with Gasteiger partial charge in [-0.1, -0.05) is 54.1 Å². The number of ether oxygens (including phenoxy) is 1. The van der Waals surface area contributed by atoms with Crippen molar-refractivity contribution in [3.63, 3.8) is 0 Å². The largest absolute Gasteiger partial charge is 0.591 e. The molecule has 3 rings (SSSR count). The van der Waals surface area contributed by atoms with Crippen LogP contribution in [0.15, 0.2) is 27.1 Å². The first-order valence-corrected chi connectivity index (χ1v) is 13.4. The van der Waals surface area contributed by atoms with E-state index in [2.05, 4.69) is 75.7 Å². The second kappa shape index (κ2) is 8.45. The Morgan fingerprint density at radius 1 is 1.13 bits per heavy atom. The molecule has 3 nitrogen and oxygen atoms in total. The van der Waals surface area contributed by atoms with Crippen molar-refractivity contribution >= 4 is 33.0 Å². The van der Waals surface area contributed by atoms with Gasteiger partial charge in [0.15, 0.2) is 0 Å². The van der Waals surface area contributed by atoms with Gasteiger partial charge in [0.1, 0.15) is 21.8 Å². The number of rotatable bonds is 3. The van der Waals surface area contributed by atoms with Gasteiger partial charge < -0.3 is 9.29 Å². The van der Waals surface area contributed by atoms with Crippen LogP contribution in [-0.2, 0) is 22.5 Å². The average molecular weight is 511 g/mol. The molecule has 0 aliphatic heterocycles. The van der Waals surface area contributed by atoms with Gasteiger partial charge in [0, 0.05) is 15.5 Å². The lowest BCUT2D eigenvalue weighted by Crippen LogP contribution is -2.48. The number of hydrogen-bond acceptors (Lipinski definition) is 3. The molecule has 0 aromatic heterocycles. The summed E-state index contributed by atoms with van der Waals surface area (Å²) in [6.07, 6.45) is 4.27. The van der Waals surface area contributed by atoms with Crippen LogP contribution in [0.1, 0.15) is 92.7 Å². The Kier molecular flexibility index (Phi) is 6.89. The van der Waals surface area contributed by atoms with Crippen LogP contribution in [0.3, 0.4) is 0 Å². The molecule has 1 fully saturated rings. The fourth-order valence-electron chi connectivity index (χ4n) is 4.68. The van der Waals surface area contributed by atoms with Gasteiger partial charge in [-0.2, -0.15) is 0 Å². The zero-order valence-electron chi connectivity index (χ0n) is 20.8. The van der Waals surface area contributed by atoms with Gasteiger partial charge >= 0.3 is 0 Å². The van der Waals surface area contributed by atoms with E-state index in [9.17, 15) is 4.55 Å². The van der Waals surface area contributed by atoms with Crippen LogP contribution in [-0.4, -0.2) is 26.7 Å². The molecule has 0 saturated heterocycles. The third-order valence-electron chi connectivity index (χ3n) is 7.56. The van der Waals surface area contributed by atoms with E-state index in [-0.39, 0.29) is 27.3 Å². The van der Waals surface area contributed by atoms with Gasteiger partial charge in [-0.15, -0.1) is 0 Å². The summed E-state index contributed by atoms with van der Waals surface area (Å²) in [5.41, 5.74) is 3.40. The number of nitrogens with zero attached hydrogens (tertiary/aromatic N) is 1. The molecule has 0 bridgehead atoms. The summed E-state index contributed by atoms with van der Waals surface area (Å²) in [6, 6.07) is 6.48. The van der Waals surface area contributed by atoms with Gasteiger partial charge in [0.25, 0.3) is 0 Å². The summed E-state index contributed by atoms with van der Waals surface area (Å²) in [6.45, 7) is 19.5. The monoisotopic (exact) mass is 509 g/mol. The molecule has 0 unspecified atom stereocenters. The highest BCUT2D eigenvalue weighted by Crippen LogP contribution is 2.52. The number of hydrogen-bond donors (Lipinski definition) is 0. The van der Waals surface area contributed by atoms with E-state index in [0.29, 0.717) is 5.92 Å². The Morgan fingerprint density at radius 2 is 1.77 bits per heavy atom. The first-order valence-electron chi connectivity index (χ1n) is 11.5. The lowest BCUT2D eigenvalue weighted by atomic mass is 9.66. The Hall–Kier alpha value is -0.360. The number of halogens is 1. The van der Waals surface area contributed by atoms with Crippen molar-refractivity contribution in [3.8, 4) is 0 Å². The van der Waals surface area contributed by atoms with Gasteiger partial charge in [0.2, 0.25) is 0 Å². The second-order valence-electron chi connectivity index (χ2n) is 12.2. The fraction of sp³-hybridized carbons (Fsp3) is 0.731. The molecule has 1 aromatic carbocycles. The molecule has 1 saturated carbocycles. The molecule has 5 heteroatoms. The average Bonchev–Trinajstić information content (AvgIpc) is 2.88. The smallest absolute Gasteiger partial charge is 0.144 e. The Labute approximate surface area is 201 Å². The van der Waals surface area contributed by atoms with Gasteiger partial charge in [-0.3, -0.25) is 0 Å². The van der Waals surface area contributed by atoms with Crippen molar-refractivity contribution in [2.24, 2.45) is 21.1 Å². The molecule has 1 aromatic rings. The van der Waals surface area contributed by atoms with E-state index in [1.54, 1.807) is 0 Å².